The minimum absolute atomic E-state index is 0.738. The molecule has 0 unspecified atom stereocenters. The zero-order chi connectivity index (χ0) is 13.3. The Morgan fingerprint density at radius 3 is 1.71 bits per heavy atom. The van der Waals surface area contributed by atoms with Crippen molar-refractivity contribution in [2.75, 3.05) is 0 Å². The van der Waals surface area contributed by atoms with Crippen molar-refractivity contribution in [1.29, 1.82) is 0 Å². The Labute approximate surface area is 92.7 Å². The predicted molar refractivity (Wildman–Crippen MR) is 46.9 cm³/mol. The average Bonchev–Trinajstić information content (AvgIpc) is 2.23. The van der Waals surface area contributed by atoms with Crippen LogP contribution in [0, 0.1) is 29.1 Å². The van der Waals surface area contributed by atoms with Gasteiger partial charge in [-0.05, 0) is 5.92 Å². The van der Waals surface area contributed by atoms with Crippen molar-refractivity contribution < 1.29 is 31.9 Å². The lowest BCUT2D eigenvalue weighted by Crippen LogP contribution is -2.12. The fourth-order valence-corrected chi connectivity index (χ4v) is 1.42. The van der Waals surface area contributed by atoms with Crippen LogP contribution in [0.3, 0.4) is 0 Å². The summed E-state index contributed by atoms with van der Waals surface area (Å²) in [4.78, 5) is 10.3. The molecule has 1 aromatic rings. The number of carboxylic acids is 1. The Morgan fingerprint density at radius 2 is 1.35 bits per heavy atom. The zero-order valence-electron chi connectivity index (χ0n) is 8.53. The van der Waals surface area contributed by atoms with Gasteiger partial charge in [0.2, 0.25) is 5.82 Å². The molecule has 0 aliphatic rings. The summed E-state index contributed by atoms with van der Waals surface area (Å²) in [5, 5.41) is 8.41. The SMILES string of the molecule is C[C@H](CC(=O)O)c1c(F)c(F)c(F)c(F)c1F. The minimum Gasteiger partial charge on any atom is -0.481 e. The highest BCUT2D eigenvalue weighted by Gasteiger charge is 2.29. The average molecular weight is 254 g/mol. The van der Waals surface area contributed by atoms with Crippen molar-refractivity contribution in [3.63, 3.8) is 0 Å². The molecule has 0 amide bonds. The Balaban J connectivity index is 3.38. The van der Waals surface area contributed by atoms with E-state index in [1.807, 2.05) is 0 Å². The molecule has 1 N–H and O–H groups in total. The highest BCUT2D eigenvalue weighted by Crippen LogP contribution is 2.30. The summed E-state index contributed by atoms with van der Waals surface area (Å²) in [5.41, 5.74) is -1.11. The van der Waals surface area contributed by atoms with Crippen LogP contribution in [0.15, 0.2) is 0 Å². The Bertz CT molecular complexity index is 443. The van der Waals surface area contributed by atoms with Crippen LogP contribution in [0.5, 0.6) is 0 Å². The first kappa shape index (κ1) is 13.4. The molecule has 0 aliphatic heterocycles. The van der Waals surface area contributed by atoms with Crippen LogP contribution in [0.4, 0.5) is 22.0 Å². The number of benzene rings is 1. The van der Waals surface area contributed by atoms with Crippen molar-refractivity contribution in [3.05, 3.63) is 34.6 Å². The van der Waals surface area contributed by atoms with Gasteiger partial charge in [0.25, 0.3) is 0 Å². The van der Waals surface area contributed by atoms with Crippen LogP contribution >= 0.6 is 0 Å². The fraction of sp³-hybridized carbons (Fsp3) is 0.300. The summed E-state index contributed by atoms with van der Waals surface area (Å²) in [6, 6.07) is 0. The van der Waals surface area contributed by atoms with Crippen LogP contribution < -0.4 is 0 Å². The largest absolute Gasteiger partial charge is 0.481 e. The summed E-state index contributed by atoms with van der Waals surface area (Å²) in [6.45, 7) is 1.06. The van der Waals surface area contributed by atoms with E-state index >= 15 is 0 Å². The molecule has 7 heteroatoms. The lowest BCUT2D eigenvalue weighted by molar-refractivity contribution is -0.137. The van der Waals surface area contributed by atoms with Crippen molar-refractivity contribution >= 4 is 5.97 Å². The van der Waals surface area contributed by atoms with Crippen LogP contribution in [-0.4, -0.2) is 11.1 Å². The summed E-state index contributed by atoms with van der Waals surface area (Å²) < 4.78 is 64.6. The summed E-state index contributed by atoms with van der Waals surface area (Å²) in [7, 11) is 0. The summed E-state index contributed by atoms with van der Waals surface area (Å²) in [5.74, 6) is -13.1. The lowest BCUT2D eigenvalue weighted by atomic mass is 9.96. The molecule has 0 heterocycles. The molecule has 0 bridgehead atoms. The maximum atomic E-state index is 13.2. The van der Waals surface area contributed by atoms with Crippen LogP contribution in [-0.2, 0) is 4.79 Å². The summed E-state index contributed by atoms with van der Waals surface area (Å²) in [6.07, 6.45) is -0.738. The molecule has 1 atom stereocenters. The van der Waals surface area contributed by atoms with Crippen molar-refractivity contribution in [1.82, 2.24) is 0 Å². The predicted octanol–water partition coefficient (Wildman–Crippen LogP) is 2.96. The van der Waals surface area contributed by atoms with Crippen molar-refractivity contribution in [2.45, 2.75) is 19.3 Å². The molecule has 0 saturated carbocycles. The lowest BCUT2D eigenvalue weighted by Gasteiger charge is -2.13. The molecular formula is C10H7F5O2. The Kier molecular flexibility index (Phi) is 3.69. The molecule has 1 rings (SSSR count). The van der Waals surface area contributed by atoms with Gasteiger partial charge in [-0.1, -0.05) is 6.92 Å². The van der Waals surface area contributed by atoms with Gasteiger partial charge in [-0.15, -0.1) is 0 Å². The molecule has 17 heavy (non-hydrogen) atoms. The van der Waals surface area contributed by atoms with Crippen LogP contribution in [0.1, 0.15) is 24.8 Å². The molecule has 2 nitrogen and oxygen atoms in total. The van der Waals surface area contributed by atoms with Gasteiger partial charge in [0, 0.05) is 5.56 Å². The van der Waals surface area contributed by atoms with E-state index in [4.69, 9.17) is 5.11 Å². The van der Waals surface area contributed by atoms with Gasteiger partial charge in [-0.3, -0.25) is 4.79 Å². The van der Waals surface area contributed by atoms with E-state index in [1.165, 1.54) is 0 Å². The molecular weight excluding hydrogens is 247 g/mol. The highest BCUT2D eigenvalue weighted by molar-refractivity contribution is 5.68. The second-order valence-electron chi connectivity index (χ2n) is 3.48. The Hall–Kier alpha value is -1.66. The van der Waals surface area contributed by atoms with Gasteiger partial charge < -0.3 is 5.11 Å². The van der Waals surface area contributed by atoms with Gasteiger partial charge in [0.05, 0.1) is 6.42 Å². The van der Waals surface area contributed by atoms with Crippen molar-refractivity contribution in [3.8, 4) is 0 Å². The minimum atomic E-state index is -2.26. The summed E-state index contributed by atoms with van der Waals surface area (Å²) >= 11 is 0. The third-order valence-corrected chi connectivity index (χ3v) is 2.22. The van der Waals surface area contributed by atoms with E-state index < -0.39 is 53.0 Å². The van der Waals surface area contributed by atoms with Gasteiger partial charge in [-0.25, -0.2) is 22.0 Å². The van der Waals surface area contributed by atoms with E-state index in [1.54, 1.807) is 0 Å². The standard InChI is InChI=1S/C10H7F5O2/c1-3(2-4(16)17)5-6(11)8(13)10(15)9(14)7(5)12/h3H,2H2,1H3,(H,16,17)/t3-/m1/s1. The molecule has 0 fully saturated rings. The second kappa shape index (κ2) is 4.68. The number of carbonyl (C=O) groups is 1. The number of halogens is 5. The number of carboxylic acid groups (broad SMARTS) is 1. The van der Waals surface area contributed by atoms with Gasteiger partial charge in [0.1, 0.15) is 0 Å². The van der Waals surface area contributed by atoms with E-state index in [9.17, 15) is 26.7 Å². The molecule has 94 valence electrons. The molecule has 0 aromatic heterocycles. The number of hydrogen-bond acceptors (Lipinski definition) is 1. The quantitative estimate of drug-likeness (QED) is 0.511. The molecule has 0 saturated heterocycles. The normalized spacial score (nSPS) is 12.6. The molecule has 0 spiro atoms. The van der Waals surface area contributed by atoms with E-state index in [0.717, 1.165) is 6.92 Å². The Morgan fingerprint density at radius 1 is 1.00 bits per heavy atom. The molecule has 0 aliphatic carbocycles. The number of rotatable bonds is 3. The van der Waals surface area contributed by atoms with Crippen LogP contribution in [0.2, 0.25) is 0 Å². The topological polar surface area (TPSA) is 37.3 Å². The van der Waals surface area contributed by atoms with Crippen molar-refractivity contribution in [2.24, 2.45) is 0 Å². The number of hydrogen-bond donors (Lipinski definition) is 1. The zero-order valence-corrected chi connectivity index (χ0v) is 8.53. The first-order chi connectivity index (χ1) is 7.77. The van der Waals surface area contributed by atoms with Crippen LogP contribution in [0.25, 0.3) is 0 Å². The smallest absolute Gasteiger partial charge is 0.303 e. The van der Waals surface area contributed by atoms with Gasteiger partial charge in [0.15, 0.2) is 23.3 Å². The van der Waals surface area contributed by atoms with E-state index in [2.05, 4.69) is 0 Å². The maximum Gasteiger partial charge on any atom is 0.303 e. The molecule has 1 aromatic carbocycles. The number of aliphatic carboxylic acids is 1. The first-order valence-electron chi connectivity index (χ1n) is 4.50. The van der Waals surface area contributed by atoms with Gasteiger partial charge >= 0.3 is 5.97 Å². The third kappa shape index (κ3) is 2.37. The van der Waals surface area contributed by atoms with E-state index in [0.29, 0.717) is 0 Å². The second-order valence-corrected chi connectivity index (χ2v) is 3.48. The highest BCUT2D eigenvalue weighted by atomic mass is 19.2. The van der Waals surface area contributed by atoms with Gasteiger partial charge in [-0.2, -0.15) is 0 Å². The molecule has 0 radical (unpaired) electrons. The monoisotopic (exact) mass is 254 g/mol. The first-order valence-corrected chi connectivity index (χ1v) is 4.50. The fourth-order valence-electron chi connectivity index (χ4n) is 1.42. The maximum absolute atomic E-state index is 13.2. The third-order valence-electron chi connectivity index (χ3n) is 2.22. The van der Waals surface area contributed by atoms with E-state index in [-0.39, 0.29) is 0 Å².